The predicted octanol–water partition coefficient (Wildman–Crippen LogP) is 2.10. The van der Waals surface area contributed by atoms with Crippen LogP contribution in [-0.2, 0) is 0 Å². The van der Waals surface area contributed by atoms with E-state index in [1.807, 2.05) is 0 Å². The van der Waals surface area contributed by atoms with Crippen LogP contribution >= 0.6 is 0 Å². The Labute approximate surface area is 48.6 Å². The lowest BCUT2D eigenvalue weighted by molar-refractivity contribution is 0.566. The average molecular weight is 107 g/mol. The molecule has 0 fully saturated rings. The van der Waals surface area contributed by atoms with E-state index in [0.29, 0.717) is 0 Å². The zero-order valence-electron chi connectivity index (χ0n) is 4.55. The monoisotopic (exact) mass is 107 g/mol. The Morgan fingerprint density at radius 2 is 2.25 bits per heavy atom. The van der Waals surface area contributed by atoms with E-state index in [1.165, 1.54) is 0 Å². The van der Waals surface area contributed by atoms with E-state index in [4.69, 9.17) is 4.42 Å². The second-order valence-electron chi connectivity index (χ2n) is 1.56. The predicted molar refractivity (Wildman–Crippen MR) is 33.3 cm³/mol. The second kappa shape index (κ2) is 1.86. The van der Waals surface area contributed by atoms with Gasteiger partial charge in [-0.05, 0) is 12.5 Å². The molecule has 0 aromatic carbocycles. The van der Waals surface area contributed by atoms with E-state index < -0.39 is 0 Å². The number of hydrogen-bond acceptors (Lipinski definition) is 1. The van der Waals surface area contributed by atoms with Crippen LogP contribution in [0.2, 0.25) is 0 Å². The molecule has 41 valence electrons. The summed E-state index contributed by atoms with van der Waals surface area (Å²) < 4.78 is 4.80. The minimum Gasteiger partial charge on any atom is -0.472 e. The molecule has 0 bridgehead atoms. The molecule has 0 atom stereocenters. The summed E-state index contributed by atoms with van der Waals surface area (Å²) in [6.07, 6.45) is 4.93. The van der Waals surface area contributed by atoms with Gasteiger partial charge in [-0.3, -0.25) is 0 Å². The van der Waals surface area contributed by atoms with Gasteiger partial charge in [0.05, 0.1) is 12.5 Å². The summed E-state index contributed by atoms with van der Waals surface area (Å²) in [5, 5.41) is 0. The van der Waals surface area contributed by atoms with Gasteiger partial charge in [0.15, 0.2) is 0 Å². The van der Waals surface area contributed by atoms with Crippen LogP contribution in [0.1, 0.15) is 11.1 Å². The molecule has 0 spiro atoms. The van der Waals surface area contributed by atoms with Crippen LogP contribution in [0.5, 0.6) is 0 Å². The standard InChI is InChI=1S/C7H7O/c1-3-7-5-8-4-6(7)2/h3-5H,1-2H2. The SMILES string of the molecule is [CH2]c1cocc1C=C. The van der Waals surface area contributed by atoms with Gasteiger partial charge in [0.1, 0.15) is 0 Å². The van der Waals surface area contributed by atoms with Crippen molar-refractivity contribution in [3.05, 3.63) is 37.2 Å². The molecule has 1 aromatic rings. The molecule has 1 heteroatoms. The first-order chi connectivity index (χ1) is 3.84. The Kier molecular flexibility index (Phi) is 1.20. The maximum Gasteiger partial charge on any atom is 0.0977 e. The van der Waals surface area contributed by atoms with E-state index in [9.17, 15) is 0 Å². The molecule has 0 aliphatic heterocycles. The molecule has 8 heavy (non-hydrogen) atoms. The van der Waals surface area contributed by atoms with E-state index in [0.717, 1.165) is 11.1 Å². The van der Waals surface area contributed by atoms with Crippen LogP contribution in [0.4, 0.5) is 0 Å². The summed E-state index contributed by atoms with van der Waals surface area (Å²) in [7, 11) is 0. The average Bonchev–Trinajstić information content (AvgIpc) is 2.14. The van der Waals surface area contributed by atoms with Gasteiger partial charge in [0, 0.05) is 5.56 Å². The molecule has 1 rings (SSSR count). The van der Waals surface area contributed by atoms with Crippen molar-refractivity contribution in [3.8, 4) is 0 Å². The molecular formula is C7H7O. The highest BCUT2D eigenvalue weighted by molar-refractivity contribution is 5.50. The fourth-order valence-corrected chi connectivity index (χ4v) is 0.512. The fourth-order valence-electron chi connectivity index (χ4n) is 0.512. The van der Waals surface area contributed by atoms with Crippen LogP contribution in [0.15, 0.2) is 23.5 Å². The van der Waals surface area contributed by atoms with Crippen LogP contribution in [0, 0.1) is 6.92 Å². The van der Waals surface area contributed by atoms with Gasteiger partial charge < -0.3 is 4.42 Å². The maximum absolute atomic E-state index is 4.80. The van der Waals surface area contributed by atoms with Gasteiger partial charge in [-0.25, -0.2) is 0 Å². The van der Waals surface area contributed by atoms with Gasteiger partial charge in [-0.1, -0.05) is 12.7 Å². The van der Waals surface area contributed by atoms with Crippen molar-refractivity contribution >= 4 is 6.08 Å². The molecule has 0 aliphatic rings. The molecule has 0 saturated carbocycles. The summed E-state index contributed by atoms with van der Waals surface area (Å²) >= 11 is 0. The minimum atomic E-state index is 0.889. The normalized spacial score (nSPS) is 9.12. The highest BCUT2D eigenvalue weighted by atomic mass is 16.3. The Morgan fingerprint density at radius 3 is 2.50 bits per heavy atom. The summed E-state index contributed by atoms with van der Waals surface area (Å²) in [6.45, 7) is 7.25. The van der Waals surface area contributed by atoms with E-state index in [2.05, 4.69) is 13.5 Å². The highest BCUT2D eigenvalue weighted by Gasteiger charge is 1.91. The molecule has 1 radical (unpaired) electrons. The molecule has 1 nitrogen and oxygen atoms in total. The first-order valence-corrected chi connectivity index (χ1v) is 2.35. The van der Waals surface area contributed by atoms with Gasteiger partial charge >= 0.3 is 0 Å². The van der Waals surface area contributed by atoms with Crippen LogP contribution in [0.3, 0.4) is 0 Å². The largest absolute Gasteiger partial charge is 0.472 e. The van der Waals surface area contributed by atoms with Gasteiger partial charge in [0.25, 0.3) is 0 Å². The van der Waals surface area contributed by atoms with Gasteiger partial charge in [-0.2, -0.15) is 0 Å². The van der Waals surface area contributed by atoms with Crippen molar-refractivity contribution in [3.63, 3.8) is 0 Å². The number of rotatable bonds is 1. The molecule has 0 amide bonds. The first kappa shape index (κ1) is 5.16. The van der Waals surface area contributed by atoms with E-state index in [1.54, 1.807) is 18.6 Å². The van der Waals surface area contributed by atoms with E-state index >= 15 is 0 Å². The lowest BCUT2D eigenvalue weighted by Gasteiger charge is -1.79. The van der Waals surface area contributed by atoms with Crippen molar-refractivity contribution in [2.75, 3.05) is 0 Å². The zero-order valence-corrected chi connectivity index (χ0v) is 4.55. The van der Waals surface area contributed by atoms with Crippen molar-refractivity contribution in [1.29, 1.82) is 0 Å². The number of hydrogen-bond donors (Lipinski definition) is 0. The Bertz CT molecular complexity index is 186. The molecule has 1 aromatic heterocycles. The summed E-state index contributed by atoms with van der Waals surface area (Å²) in [6, 6.07) is 0. The summed E-state index contributed by atoms with van der Waals surface area (Å²) in [4.78, 5) is 0. The molecule has 0 unspecified atom stereocenters. The number of furan rings is 1. The van der Waals surface area contributed by atoms with Crippen LogP contribution in [-0.4, -0.2) is 0 Å². The minimum absolute atomic E-state index is 0.889. The Hall–Kier alpha value is -0.980. The topological polar surface area (TPSA) is 13.1 Å². The molecule has 0 N–H and O–H groups in total. The highest BCUT2D eigenvalue weighted by Crippen LogP contribution is 2.08. The van der Waals surface area contributed by atoms with Crippen molar-refractivity contribution in [1.82, 2.24) is 0 Å². The smallest absolute Gasteiger partial charge is 0.0977 e. The molecule has 1 heterocycles. The van der Waals surface area contributed by atoms with E-state index in [-0.39, 0.29) is 0 Å². The summed E-state index contributed by atoms with van der Waals surface area (Å²) in [5.41, 5.74) is 1.85. The fraction of sp³-hybridized carbons (Fsp3) is 0. The first-order valence-electron chi connectivity index (χ1n) is 2.35. The Balaban J connectivity index is 3.09. The maximum atomic E-state index is 4.80. The van der Waals surface area contributed by atoms with Crippen molar-refractivity contribution in [2.24, 2.45) is 0 Å². The third-order valence-corrected chi connectivity index (χ3v) is 0.996. The van der Waals surface area contributed by atoms with Gasteiger partial charge in [-0.15, -0.1) is 0 Å². The van der Waals surface area contributed by atoms with Crippen molar-refractivity contribution in [2.45, 2.75) is 0 Å². The van der Waals surface area contributed by atoms with Gasteiger partial charge in [0.2, 0.25) is 0 Å². The summed E-state index contributed by atoms with van der Waals surface area (Å²) in [5.74, 6) is 0. The second-order valence-corrected chi connectivity index (χ2v) is 1.56. The quantitative estimate of drug-likeness (QED) is 0.535. The van der Waals surface area contributed by atoms with Crippen LogP contribution in [0.25, 0.3) is 6.08 Å². The molecule has 0 aliphatic carbocycles. The van der Waals surface area contributed by atoms with Crippen LogP contribution < -0.4 is 0 Å². The third-order valence-electron chi connectivity index (χ3n) is 0.996. The van der Waals surface area contributed by atoms with Crippen molar-refractivity contribution < 1.29 is 4.42 Å². The molecular weight excluding hydrogens is 100 g/mol. The zero-order chi connectivity index (χ0) is 5.98. The Morgan fingerprint density at radius 1 is 1.50 bits per heavy atom. The third kappa shape index (κ3) is 0.668. The lowest BCUT2D eigenvalue weighted by atomic mass is 10.2. The lowest BCUT2D eigenvalue weighted by Crippen LogP contribution is -1.64. The molecule has 0 saturated heterocycles.